The highest BCUT2D eigenvalue weighted by atomic mass is 32.2. The lowest BCUT2D eigenvalue weighted by Crippen LogP contribution is -2.43. The van der Waals surface area contributed by atoms with Crippen molar-refractivity contribution in [3.05, 3.63) is 29.3 Å². The average molecular weight is 309 g/mol. The van der Waals surface area contributed by atoms with E-state index in [2.05, 4.69) is 4.72 Å². The second-order valence-electron chi connectivity index (χ2n) is 5.34. The highest BCUT2D eigenvalue weighted by Crippen LogP contribution is 2.35. The number of aryl methyl sites for hydroxylation is 1. The summed E-state index contributed by atoms with van der Waals surface area (Å²) in [4.78, 5) is -0.739. The van der Waals surface area contributed by atoms with Crippen LogP contribution >= 0.6 is 0 Å². The van der Waals surface area contributed by atoms with Gasteiger partial charge in [0.1, 0.15) is 0 Å². The van der Waals surface area contributed by atoms with Gasteiger partial charge in [-0.1, -0.05) is 18.6 Å². The Balaban J connectivity index is 3.40. The number of alkyl halides is 3. The Morgan fingerprint density at radius 2 is 1.75 bits per heavy atom. The molecule has 1 aromatic rings. The number of halogens is 3. The van der Waals surface area contributed by atoms with Crippen molar-refractivity contribution in [2.75, 3.05) is 0 Å². The number of benzene rings is 1. The Morgan fingerprint density at radius 3 is 2.20 bits per heavy atom. The van der Waals surface area contributed by atoms with Gasteiger partial charge >= 0.3 is 6.18 Å². The molecule has 0 spiro atoms. The van der Waals surface area contributed by atoms with Crippen LogP contribution in [0, 0.1) is 6.92 Å². The predicted molar refractivity (Wildman–Crippen MR) is 70.9 cm³/mol. The van der Waals surface area contributed by atoms with Crippen molar-refractivity contribution in [1.82, 2.24) is 4.72 Å². The van der Waals surface area contributed by atoms with E-state index in [1.807, 2.05) is 0 Å². The zero-order valence-electron chi connectivity index (χ0n) is 11.8. The standard InChI is InChI=1S/C13H18F3NO2S/c1-5-12(3,4)17-20(18,19)11-7-6-9(2)8-10(11)13(14,15)16/h6-8,17H,5H2,1-4H3. The monoisotopic (exact) mass is 309 g/mol. The Bertz CT molecular complexity index is 592. The first kappa shape index (κ1) is 17.0. The zero-order valence-corrected chi connectivity index (χ0v) is 12.6. The first-order chi connectivity index (χ1) is 8.89. The normalized spacial score (nSPS) is 13.6. The summed E-state index contributed by atoms with van der Waals surface area (Å²) >= 11 is 0. The van der Waals surface area contributed by atoms with E-state index in [1.54, 1.807) is 20.8 Å². The second kappa shape index (κ2) is 5.37. The summed E-state index contributed by atoms with van der Waals surface area (Å²) in [6, 6.07) is 3.18. The maximum Gasteiger partial charge on any atom is 0.417 e. The Kier molecular flexibility index (Phi) is 4.55. The quantitative estimate of drug-likeness (QED) is 0.925. The lowest BCUT2D eigenvalue weighted by Gasteiger charge is -2.25. The molecule has 1 rings (SSSR count). The van der Waals surface area contributed by atoms with Gasteiger partial charge in [0.05, 0.1) is 10.5 Å². The molecule has 1 aromatic carbocycles. The summed E-state index contributed by atoms with van der Waals surface area (Å²) < 4.78 is 65.6. The van der Waals surface area contributed by atoms with E-state index in [-0.39, 0.29) is 0 Å². The molecule has 0 unspecified atom stereocenters. The molecule has 114 valence electrons. The average Bonchev–Trinajstić information content (AvgIpc) is 2.26. The van der Waals surface area contributed by atoms with Gasteiger partial charge in [0.15, 0.2) is 0 Å². The summed E-state index contributed by atoms with van der Waals surface area (Å²) in [7, 11) is -4.23. The van der Waals surface area contributed by atoms with Crippen molar-refractivity contribution in [3.63, 3.8) is 0 Å². The van der Waals surface area contributed by atoms with E-state index in [0.717, 1.165) is 12.1 Å². The molecule has 1 N–H and O–H groups in total. The number of rotatable bonds is 4. The van der Waals surface area contributed by atoms with Crippen molar-refractivity contribution >= 4 is 10.0 Å². The largest absolute Gasteiger partial charge is 0.417 e. The van der Waals surface area contributed by atoms with Crippen LogP contribution in [0.15, 0.2) is 23.1 Å². The smallest absolute Gasteiger partial charge is 0.207 e. The van der Waals surface area contributed by atoms with Gasteiger partial charge in [-0.05, 0) is 39.3 Å². The molecule has 0 aliphatic carbocycles. The maximum atomic E-state index is 13.0. The molecule has 20 heavy (non-hydrogen) atoms. The number of nitrogens with one attached hydrogen (secondary N) is 1. The van der Waals surface area contributed by atoms with Crippen LogP contribution in [0.25, 0.3) is 0 Å². The van der Waals surface area contributed by atoms with E-state index in [9.17, 15) is 21.6 Å². The highest BCUT2D eigenvalue weighted by Gasteiger charge is 2.38. The minimum absolute atomic E-state index is 0.353. The summed E-state index contributed by atoms with van der Waals surface area (Å²) in [6.07, 6.45) is -4.26. The number of hydrogen-bond donors (Lipinski definition) is 1. The first-order valence-electron chi connectivity index (χ1n) is 6.11. The third-order valence-electron chi connectivity index (χ3n) is 3.02. The fourth-order valence-corrected chi connectivity index (χ4v) is 3.28. The van der Waals surface area contributed by atoms with Gasteiger partial charge in [-0.3, -0.25) is 0 Å². The van der Waals surface area contributed by atoms with Crippen molar-refractivity contribution < 1.29 is 21.6 Å². The Labute approximate surface area is 117 Å². The molecule has 0 saturated carbocycles. The molecule has 0 saturated heterocycles. The second-order valence-corrected chi connectivity index (χ2v) is 6.99. The van der Waals surface area contributed by atoms with Crippen LogP contribution in [0.3, 0.4) is 0 Å². The highest BCUT2D eigenvalue weighted by molar-refractivity contribution is 7.89. The van der Waals surface area contributed by atoms with Gasteiger partial charge in [0, 0.05) is 5.54 Å². The van der Waals surface area contributed by atoms with Crippen LogP contribution in [-0.2, 0) is 16.2 Å². The van der Waals surface area contributed by atoms with Gasteiger partial charge < -0.3 is 0 Å². The van der Waals surface area contributed by atoms with Crippen LogP contribution in [0.5, 0.6) is 0 Å². The lowest BCUT2D eigenvalue weighted by atomic mass is 10.0. The molecule has 3 nitrogen and oxygen atoms in total. The van der Waals surface area contributed by atoms with Gasteiger partial charge in [0.2, 0.25) is 10.0 Å². The van der Waals surface area contributed by atoms with Crippen LogP contribution in [0.4, 0.5) is 13.2 Å². The van der Waals surface area contributed by atoms with E-state index >= 15 is 0 Å². The molecule has 7 heteroatoms. The fraction of sp³-hybridized carbons (Fsp3) is 0.538. The van der Waals surface area contributed by atoms with Crippen molar-refractivity contribution in [2.24, 2.45) is 0 Å². The Morgan fingerprint density at radius 1 is 1.20 bits per heavy atom. The fourth-order valence-electron chi connectivity index (χ4n) is 1.59. The number of hydrogen-bond acceptors (Lipinski definition) is 2. The van der Waals surface area contributed by atoms with E-state index in [1.165, 1.54) is 13.0 Å². The molecule has 0 atom stereocenters. The van der Waals surface area contributed by atoms with E-state index in [4.69, 9.17) is 0 Å². The molecule has 0 fully saturated rings. The van der Waals surface area contributed by atoms with Crippen molar-refractivity contribution in [1.29, 1.82) is 0 Å². The molecular weight excluding hydrogens is 291 g/mol. The predicted octanol–water partition coefficient (Wildman–Crippen LogP) is 3.48. The topological polar surface area (TPSA) is 46.2 Å². The number of sulfonamides is 1. The Hall–Kier alpha value is -1.08. The molecule has 0 radical (unpaired) electrons. The van der Waals surface area contributed by atoms with Crippen molar-refractivity contribution in [3.8, 4) is 0 Å². The lowest BCUT2D eigenvalue weighted by molar-refractivity contribution is -0.139. The van der Waals surface area contributed by atoms with Gasteiger partial charge in [-0.25, -0.2) is 13.1 Å². The SMILES string of the molecule is CCC(C)(C)NS(=O)(=O)c1ccc(C)cc1C(F)(F)F. The summed E-state index contributed by atoms with van der Waals surface area (Å²) in [5, 5.41) is 0. The minimum atomic E-state index is -4.72. The third-order valence-corrected chi connectivity index (χ3v) is 4.78. The minimum Gasteiger partial charge on any atom is -0.207 e. The molecule has 0 aliphatic heterocycles. The zero-order chi connectivity index (χ0) is 15.8. The summed E-state index contributed by atoms with van der Waals surface area (Å²) in [5.74, 6) is 0. The maximum absolute atomic E-state index is 13.0. The van der Waals surface area contributed by atoms with E-state index < -0.39 is 32.2 Å². The molecule has 0 heterocycles. The van der Waals surface area contributed by atoms with Crippen LogP contribution in [-0.4, -0.2) is 14.0 Å². The molecule has 0 aromatic heterocycles. The first-order valence-corrected chi connectivity index (χ1v) is 7.59. The van der Waals surface area contributed by atoms with Gasteiger partial charge in [0.25, 0.3) is 0 Å². The molecule has 0 amide bonds. The molecular formula is C13H18F3NO2S. The van der Waals surface area contributed by atoms with Gasteiger partial charge in [-0.2, -0.15) is 13.2 Å². The van der Waals surface area contributed by atoms with Crippen molar-refractivity contribution in [2.45, 2.75) is 50.7 Å². The third kappa shape index (κ3) is 3.96. The molecule has 0 bridgehead atoms. The van der Waals surface area contributed by atoms with Gasteiger partial charge in [-0.15, -0.1) is 0 Å². The van der Waals surface area contributed by atoms with Crippen LogP contribution in [0.2, 0.25) is 0 Å². The molecule has 0 aliphatic rings. The summed E-state index contributed by atoms with van der Waals surface area (Å²) in [5.41, 5.74) is -1.60. The summed E-state index contributed by atoms with van der Waals surface area (Å²) in [6.45, 7) is 6.47. The van der Waals surface area contributed by atoms with Crippen LogP contribution < -0.4 is 4.72 Å². The van der Waals surface area contributed by atoms with E-state index in [0.29, 0.717) is 12.0 Å². The van der Waals surface area contributed by atoms with Crippen LogP contribution in [0.1, 0.15) is 38.3 Å².